The van der Waals surface area contributed by atoms with Crippen LogP contribution < -0.4 is 5.32 Å². The summed E-state index contributed by atoms with van der Waals surface area (Å²) in [6.07, 6.45) is 4.48. The van der Waals surface area contributed by atoms with E-state index in [1.807, 2.05) is 0 Å². The Bertz CT molecular complexity index is 497. The fourth-order valence-corrected chi connectivity index (χ4v) is 4.11. The van der Waals surface area contributed by atoms with Crippen LogP contribution in [-0.4, -0.2) is 31.1 Å². The zero-order valence-corrected chi connectivity index (χ0v) is 13.6. The monoisotopic (exact) mass is 358 g/mol. The number of halogens is 3. The molecule has 1 aliphatic carbocycles. The molecule has 3 rings (SSSR count). The SMILES string of the molecule is Fc1ccc(Br)c(F)c1[C@H](C1CCCC1)N1CCNCC1. The Morgan fingerprint density at radius 3 is 2.48 bits per heavy atom. The van der Waals surface area contributed by atoms with E-state index in [0.29, 0.717) is 10.4 Å². The molecule has 0 bridgehead atoms. The molecule has 2 aliphatic rings. The van der Waals surface area contributed by atoms with Crippen LogP contribution in [0.1, 0.15) is 37.3 Å². The summed E-state index contributed by atoms with van der Waals surface area (Å²) in [6, 6.07) is 2.71. The van der Waals surface area contributed by atoms with Crippen molar-refractivity contribution in [2.75, 3.05) is 26.2 Å². The minimum atomic E-state index is -0.426. The molecule has 116 valence electrons. The van der Waals surface area contributed by atoms with E-state index in [2.05, 4.69) is 26.1 Å². The molecule has 0 unspecified atom stereocenters. The predicted molar refractivity (Wildman–Crippen MR) is 83.2 cm³/mol. The van der Waals surface area contributed by atoms with Crippen molar-refractivity contribution in [2.24, 2.45) is 5.92 Å². The van der Waals surface area contributed by atoms with Gasteiger partial charge in [-0.3, -0.25) is 4.90 Å². The third-order valence-electron chi connectivity index (χ3n) is 4.77. The zero-order chi connectivity index (χ0) is 14.8. The molecule has 0 spiro atoms. The van der Waals surface area contributed by atoms with Crippen LogP contribution in [0, 0.1) is 17.6 Å². The van der Waals surface area contributed by atoms with Gasteiger partial charge >= 0.3 is 0 Å². The van der Waals surface area contributed by atoms with Crippen molar-refractivity contribution in [3.8, 4) is 0 Å². The normalized spacial score (nSPS) is 22.6. The van der Waals surface area contributed by atoms with Crippen molar-refractivity contribution in [1.82, 2.24) is 10.2 Å². The van der Waals surface area contributed by atoms with Gasteiger partial charge in [-0.1, -0.05) is 12.8 Å². The van der Waals surface area contributed by atoms with Gasteiger partial charge in [0.1, 0.15) is 11.6 Å². The Balaban J connectivity index is 1.99. The van der Waals surface area contributed by atoms with Crippen LogP contribution in [-0.2, 0) is 0 Å². The van der Waals surface area contributed by atoms with Crippen molar-refractivity contribution in [3.05, 3.63) is 33.8 Å². The highest BCUT2D eigenvalue weighted by Crippen LogP contribution is 2.42. The summed E-state index contributed by atoms with van der Waals surface area (Å²) < 4.78 is 29.3. The van der Waals surface area contributed by atoms with Crippen LogP contribution in [0.2, 0.25) is 0 Å². The van der Waals surface area contributed by atoms with Crippen molar-refractivity contribution in [2.45, 2.75) is 31.7 Å². The first-order chi connectivity index (χ1) is 10.2. The molecule has 5 heteroatoms. The lowest BCUT2D eigenvalue weighted by Crippen LogP contribution is -2.47. The average Bonchev–Trinajstić information content (AvgIpc) is 3.02. The van der Waals surface area contributed by atoms with E-state index in [1.54, 1.807) is 0 Å². The van der Waals surface area contributed by atoms with Crippen LogP contribution in [0.25, 0.3) is 0 Å². The molecule has 1 saturated heterocycles. The second-order valence-electron chi connectivity index (χ2n) is 6.03. The summed E-state index contributed by atoms with van der Waals surface area (Å²) in [6.45, 7) is 3.49. The smallest absolute Gasteiger partial charge is 0.145 e. The van der Waals surface area contributed by atoms with E-state index in [-0.39, 0.29) is 11.6 Å². The molecule has 2 fully saturated rings. The van der Waals surface area contributed by atoms with Gasteiger partial charge in [-0.25, -0.2) is 8.78 Å². The van der Waals surface area contributed by atoms with Crippen LogP contribution in [0.3, 0.4) is 0 Å². The van der Waals surface area contributed by atoms with E-state index in [4.69, 9.17) is 0 Å². The Morgan fingerprint density at radius 1 is 1.14 bits per heavy atom. The first-order valence-corrected chi connectivity index (χ1v) is 8.56. The van der Waals surface area contributed by atoms with E-state index < -0.39 is 11.6 Å². The number of hydrogen-bond donors (Lipinski definition) is 1. The van der Waals surface area contributed by atoms with Crippen molar-refractivity contribution in [1.29, 1.82) is 0 Å². The summed E-state index contributed by atoms with van der Waals surface area (Å²) in [4.78, 5) is 2.26. The lowest BCUT2D eigenvalue weighted by Gasteiger charge is -2.39. The van der Waals surface area contributed by atoms with Gasteiger partial charge in [0.05, 0.1) is 4.47 Å². The molecular weight excluding hydrogens is 338 g/mol. The molecule has 1 saturated carbocycles. The van der Waals surface area contributed by atoms with E-state index in [0.717, 1.165) is 39.0 Å². The lowest BCUT2D eigenvalue weighted by molar-refractivity contribution is 0.119. The predicted octanol–water partition coefficient (Wildman–Crippen LogP) is 3.86. The molecule has 0 radical (unpaired) electrons. The topological polar surface area (TPSA) is 15.3 Å². The largest absolute Gasteiger partial charge is 0.314 e. The Kier molecular flexibility index (Phi) is 4.92. The standard InChI is InChI=1S/C16H21BrF2N2/c17-12-5-6-13(18)14(15(12)19)16(11-3-1-2-4-11)21-9-7-20-8-10-21/h5-6,11,16,20H,1-4,7-10H2/t16-/m0/s1. The quantitative estimate of drug-likeness (QED) is 0.825. The molecule has 1 N–H and O–H groups in total. The number of rotatable bonds is 3. The molecule has 0 aromatic heterocycles. The number of hydrogen-bond acceptors (Lipinski definition) is 2. The number of benzene rings is 1. The summed E-state index contributed by atoms with van der Waals surface area (Å²) in [5, 5.41) is 3.31. The third-order valence-corrected chi connectivity index (χ3v) is 5.38. The lowest BCUT2D eigenvalue weighted by atomic mass is 9.89. The van der Waals surface area contributed by atoms with Gasteiger partial charge in [-0.15, -0.1) is 0 Å². The minimum Gasteiger partial charge on any atom is -0.314 e. The molecule has 1 aromatic carbocycles. The van der Waals surface area contributed by atoms with Crippen molar-refractivity contribution in [3.63, 3.8) is 0 Å². The second kappa shape index (κ2) is 6.71. The molecule has 1 aromatic rings. The summed E-state index contributed by atoms with van der Waals surface area (Å²) in [5.74, 6) is -0.474. The zero-order valence-electron chi connectivity index (χ0n) is 12.0. The number of nitrogens with zero attached hydrogens (tertiary/aromatic N) is 1. The average molecular weight is 359 g/mol. The molecule has 21 heavy (non-hydrogen) atoms. The van der Waals surface area contributed by atoms with E-state index in [9.17, 15) is 8.78 Å². The molecule has 0 amide bonds. The fraction of sp³-hybridized carbons (Fsp3) is 0.625. The van der Waals surface area contributed by atoms with Crippen LogP contribution in [0.4, 0.5) is 8.78 Å². The van der Waals surface area contributed by atoms with Crippen molar-refractivity contribution < 1.29 is 8.78 Å². The van der Waals surface area contributed by atoms with Gasteiger partial charge in [-0.2, -0.15) is 0 Å². The highest BCUT2D eigenvalue weighted by Gasteiger charge is 2.35. The highest BCUT2D eigenvalue weighted by atomic mass is 79.9. The van der Waals surface area contributed by atoms with Gasteiger partial charge in [0.25, 0.3) is 0 Å². The molecule has 1 aliphatic heterocycles. The van der Waals surface area contributed by atoms with Gasteiger partial charge in [0.15, 0.2) is 0 Å². The Labute approximate surface area is 133 Å². The van der Waals surface area contributed by atoms with Gasteiger partial charge < -0.3 is 5.32 Å². The highest BCUT2D eigenvalue weighted by molar-refractivity contribution is 9.10. The number of piperazine rings is 1. The molecule has 1 heterocycles. The van der Waals surface area contributed by atoms with Crippen LogP contribution >= 0.6 is 15.9 Å². The van der Waals surface area contributed by atoms with Crippen LogP contribution in [0.15, 0.2) is 16.6 Å². The first-order valence-electron chi connectivity index (χ1n) is 7.76. The van der Waals surface area contributed by atoms with Gasteiger partial charge in [0.2, 0.25) is 0 Å². The Morgan fingerprint density at radius 2 is 1.81 bits per heavy atom. The van der Waals surface area contributed by atoms with Crippen LogP contribution in [0.5, 0.6) is 0 Å². The fourth-order valence-electron chi connectivity index (χ4n) is 3.76. The molecule has 2 nitrogen and oxygen atoms in total. The van der Waals surface area contributed by atoms with E-state index in [1.165, 1.54) is 25.0 Å². The maximum atomic E-state index is 14.6. The molecule has 1 atom stereocenters. The maximum absolute atomic E-state index is 14.6. The molecular formula is C16H21BrF2N2. The first kappa shape index (κ1) is 15.4. The van der Waals surface area contributed by atoms with Crippen molar-refractivity contribution >= 4 is 15.9 Å². The number of nitrogens with one attached hydrogen (secondary N) is 1. The summed E-state index contributed by atoms with van der Waals surface area (Å²) in [7, 11) is 0. The summed E-state index contributed by atoms with van der Waals surface area (Å²) in [5.41, 5.74) is 0.262. The maximum Gasteiger partial charge on any atom is 0.145 e. The van der Waals surface area contributed by atoms with Gasteiger partial charge in [0, 0.05) is 37.8 Å². The summed E-state index contributed by atoms with van der Waals surface area (Å²) >= 11 is 3.21. The minimum absolute atomic E-state index is 0.132. The second-order valence-corrected chi connectivity index (χ2v) is 6.89. The van der Waals surface area contributed by atoms with Gasteiger partial charge in [-0.05, 0) is 46.8 Å². The third kappa shape index (κ3) is 3.15. The Hall–Kier alpha value is -0.520. The van der Waals surface area contributed by atoms with E-state index >= 15 is 0 Å².